The predicted molar refractivity (Wildman–Crippen MR) is 92.5 cm³/mol. The minimum absolute atomic E-state index is 0.462. The molecule has 3 heterocycles. The van der Waals surface area contributed by atoms with Gasteiger partial charge >= 0.3 is 0 Å². The van der Waals surface area contributed by atoms with Crippen molar-refractivity contribution in [2.45, 2.75) is 39.2 Å². The second-order valence-corrected chi connectivity index (χ2v) is 6.35. The van der Waals surface area contributed by atoms with Gasteiger partial charge in [0.2, 0.25) is 0 Å². The fraction of sp³-hybridized carbons (Fsp3) is 0.500. The lowest BCUT2D eigenvalue weighted by Gasteiger charge is -2.33. The van der Waals surface area contributed by atoms with Crippen LogP contribution in [-0.2, 0) is 6.42 Å². The second kappa shape index (κ2) is 7.51. The van der Waals surface area contributed by atoms with Gasteiger partial charge in [-0.3, -0.25) is 4.98 Å². The number of rotatable bonds is 5. The normalized spacial score (nSPS) is 18.8. The lowest BCUT2D eigenvalue weighted by molar-refractivity contribution is 0.218. The largest absolute Gasteiger partial charge is 0.366 e. The maximum atomic E-state index is 4.59. The molecule has 2 aromatic rings. The van der Waals surface area contributed by atoms with Crippen LogP contribution in [0.5, 0.6) is 0 Å². The Bertz CT molecular complexity index is 643. The number of aryl methyl sites for hydroxylation is 2. The summed E-state index contributed by atoms with van der Waals surface area (Å²) in [7, 11) is 0. The molecule has 2 aromatic heterocycles. The van der Waals surface area contributed by atoms with Gasteiger partial charge in [-0.15, -0.1) is 0 Å². The van der Waals surface area contributed by atoms with Gasteiger partial charge in [0.05, 0.1) is 0 Å². The highest BCUT2D eigenvalue weighted by Crippen LogP contribution is 2.15. The molecule has 0 bridgehead atoms. The zero-order valence-corrected chi connectivity index (χ0v) is 14.0. The van der Waals surface area contributed by atoms with Crippen molar-refractivity contribution in [2.75, 3.05) is 25.0 Å². The fourth-order valence-electron chi connectivity index (χ4n) is 3.13. The van der Waals surface area contributed by atoms with Gasteiger partial charge in [-0.1, -0.05) is 6.07 Å². The Morgan fingerprint density at radius 2 is 2.13 bits per heavy atom. The van der Waals surface area contributed by atoms with Crippen molar-refractivity contribution in [1.82, 2.24) is 19.9 Å². The fourth-order valence-corrected chi connectivity index (χ4v) is 3.13. The molecule has 0 aromatic carbocycles. The third kappa shape index (κ3) is 4.73. The first-order valence-electron chi connectivity index (χ1n) is 8.39. The van der Waals surface area contributed by atoms with E-state index in [1.165, 1.54) is 25.1 Å². The van der Waals surface area contributed by atoms with E-state index >= 15 is 0 Å². The van der Waals surface area contributed by atoms with Crippen LogP contribution in [0.15, 0.2) is 30.6 Å². The van der Waals surface area contributed by atoms with E-state index in [1.54, 1.807) is 6.33 Å². The number of hydrogen-bond acceptors (Lipinski definition) is 5. The molecule has 0 aliphatic carbocycles. The Morgan fingerprint density at radius 1 is 1.22 bits per heavy atom. The lowest BCUT2D eigenvalue weighted by atomic mass is 10.1. The van der Waals surface area contributed by atoms with Crippen LogP contribution in [0.2, 0.25) is 0 Å². The van der Waals surface area contributed by atoms with E-state index < -0.39 is 0 Å². The van der Waals surface area contributed by atoms with Gasteiger partial charge in [-0.25, -0.2) is 9.97 Å². The van der Waals surface area contributed by atoms with Crippen LogP contribution in [-0.4, -0.2) is 45.5 Å². The number of nitrogens with one attached hydrogen (secondary N) is 1. The van der Waals surface area contributed by atoms with Crippen molar-refractivity contribution < 1.29 is 0 Å². The molecule has 122 valence electrons. The van der Waals surface area contributed by atoms with Crippen molar-refractivity contribution in [3.05, 3.63) is 47.7 Å². The molecule has 23 heavy (non-hydrogen) atoms. The van der Waals surface area contributed by atoms with Crippen molar-refractivity contribution in [3.63, 3.8) is 0 Å². The Hall–Kier alpha value is -2.01. The number of piperidine rings is 1. The SMILES string of the molecule is Cc1cc(NC2CCCN(CCc3cccc(C)n3)C2)ncn1. The van der Waals surface area contributed by atoms with E-state index in [1.807, 2.05) is 26.0 Å². The summed E-state index contributed by atoms with van der Waals surface area (Å²) in [6, 6.07) is 8.74. The van der Waals surface area contributed by atoms with Crippen LogP contribution >= 0.6 is 0 Å². The summed E-state index contributed by atoms with van der Waals surface area (Å²) in [5, 5.41) is 3.55. The third-order valence-electron chi connectivity index (χ3n) is 4.29. The molecule has 0 spiro atoms. The van der Waals surface area contributed by atoms with E-state index in [4.69, 9.17) is 0 Å². The highest BCUT2D eigenvalue weighted by Gasteiger charge is 2.20. The first-order valence-corrected chi connectivity index (χ1v) is 8.39. The monoisotopic (exact) mass is 311 g/mol. The molecule has 1 aliphatic rings. The quantitative estimate of drug-likeness (QED) is 0.920. The Kier molecular flexibility index (Phi) is 5.18. The molecule has 1 N–H and O–H groups in total. The predicted octanol–water partition coefficient (Wildman–Crippen LogP) is 2.61. The molecular formula is C18H25N5. The van der Waals surface area contributed by atoms with Gasteiger partial charge in [0.15, 0.2) is 0 Å². The first-order chi connectivity index (χ1) is 11.2. The molecule has 1 atom stereocenters. The molecule has 1 fully saturated rings. The highest BCUT2D eigenvalue weighted by molar-refractivity contribution is 5.35. The Balaban J connectivity index is 1.52. The molecule has 1 saturated heterocycles. The van der Waals surface area contributed by atoms with Crippen LogP contribution in [0.3, 0.4) is 0 Å². The minimum Gasteiger partial charge on any atom is -0.366 e. The van der Waals surface area contributed by atoms with E-state index in [-0.39, 0.29) is 0 Å². The molecule has 0 saturated carbocycles. The second-order valence-electron chi connectivity index (χ2n) is 6.35. The molecule has 1 aliphatic heterocycles. The van der Waals surface area contributed by atoms with Crippen LogP contribution in [0.1, 0.15) is 29.9 Å². The summed E-state index contributed by atoms with van der Waals surface area (Å²) in [4.78, 5) is 15.6. The topological polar surface area (TPSA) is 53.9 Å². The van der Waals surface area contributed by atoms with Crippen molar-refractivity contribution in [2.24, 2.45) is 0 Å². The lowest BCUT2D eigenvalue weighted by Crippen LogP contribution is -2.43. The Morgan fingerprint density at radius 3 is 2.96 bits per heavy atom. The standard InChI is InChI=1S/C18H25N5/c1-14-5-3-6-16(21-14)8-10-23-9-4-7-17(12-23)22-18-11-15(2)19-13-20-18/h3,5-6,11,13,17H,4,7-10,12H2,1-2H3,(H,19,20,22). The summed E-state index contributed by atoms with van der Waals surface area (Å²) < 4.78 is 0. The van der Waals surface area contributed by atoms with Gasteiger partial charge < -0.3 is 10.2 Å². The third-order valence-corrected chi connectivity index (χ3v) is 4.29. The number of aromatic nitrogens is 3. The van der Waals surface area contributed by atoms with Crippen molar-refractivity contribution in [3.8, 4) is 0 Å². The van der Waals surface area contributed by atoms with Gasteiger partial charge in [-0.2, -0.15) is 0 Å². The number of nitrogens with zero attached hydrogens (tertiary/aromatic N) is 4. The summed E-state index contributed by atoms with van der Waals surface area (Å²) in [6.45, 7) is 7.35. The van der Waals surface area contributed by atoms with Gasteiger partial charge in [0.1, 0.15) is 12.1 Å². The average Bonchev–Trinajstić information content (AvgIpc) is 2.53. The maximum absolute atomic E-state index is 4.59. The van der Waals surface area contributed by atoms with Crippen LogP contribution in [0.25, 0.3) is 0 Å². The number of anilines is 1. The van der Waals surface area contributed by atoms with Crippen LogP contribution in [0.4, 0.5) is 5.82 Å². The Labute approximate surface area is 138 Å². The number of hydrogen-bond donors (Lipinski definition) is 1. The van der Waals surface area contributed by atoms with Gasteiger partial charge in [0, 0.05) is 48.7 Å². The van der Waals surface area contributed by atoms with Gasteiger partial charge in [-0.05, 0) is 45.4 Å². The maximum Gasteiger partial charge on any atom is 0.129 e. The molecular weight excluding hydrogens is 286 g/mol. The molecule has 5 heteroatoms. The average molecular weight is 311 g/mol. The summed E-state index contributed by atoms with van der Waals surface area (Å²) in [5.41, 5.74) is 3.28. The zero-order valence-electron chi connectivity index (χ0n) is 14.0. The van der Waals surface area contributed by atoms with E-state index in [9.17, 15) is 0 Å². The summed E-state index contributed by atoms with van der Waals surface area (Å²) >= 11 is 0. The molecule has 0 amide bonds. The summed E-state index contributed by atoms with van der Waals surface area (Å²) in [6.07, 6.45) is 5.06. The molecule has 3 rings (SSSR count). The van der Waals surface area contributed by atoms with E-state index in [2.05, 4.69) is 37.3 Å². The highest BCUT2D eigenvalue weighted by atomic mass is 15.2. The van der Waals surface area contributed by atoms with E-state index in [0.717, 1.165) is 36.7 Å². The first kappa shape index (κ1) is 15.9. The van der Waals surface area contributed by atoms with E-state index in [0.29, 0.717) is 6.04 Å². The zero-order chi connectivity index (χ0) is 16.1. The van der Waals surface area contributed by atoms with Gasteiger partial charge in [0.25, 0.3) is 0 Å². The molecule has 0 radical (unpaired) electrons. The number of likely N-dealkylation sites (tertiary alicyclic amines) is 1. The van der Waals surface area contributed by atoms with Crippen molar-refractivity contribution >= 4 is 5.82 Å². The smallest absolute Gasteiger partial charge is 0.129 e. The summed E-state index contributed by atoms with van der Waals surface area (Å²) in [5.74, 6) is 0.935. The molecule has 5 nitrogen and oxygen atoms in total. The number of pyridine rings is 1. The van der Waals surface area contributed by atoms with Crippen molar-refractivity contribution in [1.29, 1.82) is 0 Å². The minimum atomic E-state index is 0.462. The van der Waals surface area contributed by atoms with Crippen LogP contribution in [0, 0.1) is 13.8 Å². The molecule has 1 unspecified atom stereocenters. The van der Waals surface area contributed by atoms with Crippen LogP contribution < -0.4 is 5.32 Å².